The van der Waals surface area contributed by atoms with Crippen LogP contribution in [0.4, 0.5) is 0 Å². The van der Waals surface area contributed by atoms with Gasteiger partial charge in [-0.2, -0.15) is 0 Å². The van der Waals surface area contributed by atoms with Gasteiger partial charge >= 0.3 is 0 Å². The molecule has 0 amide bonds. The van der Waals surface area contributed by atoms with Crippen molar-refractivity contribution in [3.8, 4) is 0 Å². The van der Waals surface area contributed by atoms with Crippen molar-refractivity contribution in [2.45, 2.75) is 25.6 Å². The normalized spacial score (nSPS) is 34.8. The van der Waals surface area contributed by atoms with Gasteiger partial charge in [-0.05, 0) is 13.3 Å². The lowest BCUT2D eigenvalue weighted by atomic mass is 10.2. The molecule has 0 spiro atoms. The predicted molar refractivity (Wildman–Crippen MR) is 53.0 cm³/mol. The van der Waals surface area contributed by atoms with Gasteiger partial charge in [0.25, 0.3) is 0 Å². The third-order valence-electron chi connectivity index (χ3n) is 2.40. The maximum Gasteiger partial charge on any atom is 0.124 e. The highest BCUT2D eigenvalue weighted by atomic mass is 35.5. The van der Waals surface area contributed by atoms with Crippen molar-refractivity contribution in [2.75, 3.05) is 19.8 Å². The second kappa shape index (κ2) is 5.25. The second-order valence-electron chi connectivity index (χ2n) is 3.09. The Labute approximate surface area is 85.6 Å². The fourth-order valence-corrected chi connectivity index (χ4v) is 1.67. The number of ether oxygens (including phenoxy) is 1. The van der Waals surface area contributed by atoms with Gasteiger partial charge in [-0.25, -0.2) is 0 Å². The summed E-state index contributed by atoms with van der Waals surface area (Å²) in [6, 6.07) is 0.703. The van der Waals surface area contributed by atoms with E-state index in [0.29, 0.717) is 12.3 Å². The van der Waals surface area contributed by atoms with Crippen LogP contribution >= 0.6 is 24.8 Å². The van der Waals surface area contributed by atoms with Crippen LogP contribution < -0.4 is 5.32 Å². The summed E-state index contributed by atoms with van der Waals surface area (Å²) >= 11 is 0. The SMILES string of the molecule is CC1CCOC2CNCN12.Cl.Cl. The molecule has 1 N–H and O–H groups in total. The summed E-state index contributed by atoms with van der Waals surface area (Å²) in [5.41, 5.74) is 0. The van der Waals surface area contributed by atoms with E-state index in [1.807, 2.05) is 0 Å². The Balaban J connectivity index is 0.000000605. The van der Waals surface area contributed by atoms with Crippen LogP contribution in [0.2, 0.25) is 0 Å². The van der Waals surface area contributed by atoms with Gasteiger partial charge in [0.1, 0.15) is 6.23 Å². The number of hydrogen-bond acceptors (Lipinski definition) is 3. The molecule has 0 saturated carbocycles. The molecule has 0 aromatic heterocycles. The average Bonchev–Trinajstić information content (AvgIpc) is 2.36. The Morgan fingerprint density at radius 1 is 1.42 bits per heavy atom. The molecule has 2 saturated heterocycles. The number of nitrogens with zero attached hydrogens (tertiary/aromatic N) is 1. The lowest BCUT2D eigenvalue weighted by molar-refractivity contribution is -0.0885. The Hall–Kier alpha value is 0.460. The molecular formula is C7H16Cl2N2O. The molecule has 2 aliphatic heterocycles. The number of nitrogens with one attached hydrogen (secondary N) is 1. The number of fused-ring (bicyclic) bond motifs is 1. The largest absolute Gasteiger partial charge is 0.362 e. The molecule has 2 unspecified atom stereocenters. The van der Waals surface area contributed by atoms with Crippen LogP contribution in [0.25, 0.3) is 0 Å². The number of rotatable bonds is 0. The quantitative estimate of drug-likeness (QED) is 0.647. The van der Waals surface area contributed by atoms with Gasteiger partial charge in [0.15, 0.2) is 0 Å². The lowest BCUT2D eigenvalue weighted by Crippen LogP contribution is -2.44. The first kappa shape index (κ1) is 12.5. The summed E-state index contributed by atoms with van der Waals surface area (Å²) in [4.78, 5) is 2.38. The molecule has 0 aliphatic carbocycles. The molecule has 2 fully saturated rings. The van der Waals surface area contributed by atoms with Crippen LogP contribution in [0.3, 0.4) is 0 Å². The minimum Gasteiger partial charge on any atom is -0.362 e. The van der Waals surface area contributed by atoms with E-state index in [0.717, 1.165) is 19.8 Å². The number of hydrogen-bond donors (Lipinski definition) is 1. The molecular weight excluding hydrogens is 199 g/mol. The Morgan fingerprint density at radius 2 is 2.17 bits per heavy atom. The van der Waals surface area contributed by atoms with Crippen LogP contribution in [0.1, 0.15) is 13.3 Å². The van der Waals surface area contributed by atoms with Crippen molar-refractivity contribution >= 4 is 24.8 Å². The van der Waals surface area contributed by atoms with Crippen LogP contribution in [0.15, 0.2) is 0 Å². The van der Waals surface area contributed by atoms with E-state index in [1.54, 1.807) is 0 Å². The van der Waals surface area contributed by atoms with Gasteiger partial charge in [0, 0.05) is 12.6 Å². The summed E-state index contributed by atoms with van der Waals surface area (Å²) < 4.78 is 5.54. The molecule has 2 atom stereocenters. The smallest absolute Gasteiger partial charge is 0.124 e. The topological polar surface area (TPSA) is 24.5 Å². The van der Waals surface area contributed by atoms with Crippen LogP contribution in [0, 0.1) is 0 Å². The second-order valence-corrected chi connectivity index (χ2v) is 3.09. The fraction of sp³-hybridized carbons (Fsp3) is 1.00. The monoisotopic (exact) mass is 214 g/mol. The molecule has 12 heavy (non-hydrogen) atoms. The summed E-state index contributed by atoms with van der Waals surface area (Å²) in [6.45, 7) is 5.21. The first-order valence-electron chi connectivity index (χ1n) is 3.96. The molecule has 3 nitrogen and oxygen atoms in total. The summed E-state index contributed by atoms with van der Waals surface area (Å²) in [6.07, 6.45) is 1.54. The van der Waals surface area contributed by atoms with E-state index >= 15 is 0 Å². The van der Waals surface area contributed by atoms with Crippen LogP contribution in [0.5, 0.6) is 0 Å². The summed E-state index contributed by atoms with van der Waals surface area (Å²) in [5.74, 6) is 0. The van der Waals surface area contributed by atoms with Crippen molar-refractivity contribution in [2.24, 2.45) is 0 Å². The highest BCUT2D eigenvalue weighted by molar-refractivity contribution is 5.85. The first-order valence-corrected chi connectivity index (χ1v) is 3.96. The maximum atomic E-state index is 5.54. The van der Waals surface area contributed by atoms with Gasteiger partial charge < -0.3 is 10.1 Å². The van der Waals surface area contributed by atoms with Crippen molar-refractivity contribution in [3.63, 3.8) is 0 Å². The van der Waals surface area contributed by atoms with Gasteiger partial charge in [-0.1, -0.05) is 0 Å². The van der Waals surface area contributed by atoms with Crippen LogP contribution in [-0.4, -0.2) is 37.0 Å². The van der Waals surface area contributed by atoms with Crippen molar-refractivity contribution in [1.82, 2.24) is 10.2 Å². The third kappa shape index (κ3) is 2.24. The predicted octanol–water partition coefficient (Wildman–Crippen LogP) is 0.828. The van der Waals surface area contributed by atoms with Crippen molar-refractivity contribution in [3.05, 3.63) is 0 Å². The Kier molecular flexibility index (Phi) is 5.45. The highest BCUT2D eigenvalue weighted by Crippen LogP contribution is 2.18. The summed E-state index contributed by atoms with van der Waals surface area (Å²) in [7, 11) is 0. The fourth-order valence-electron chi connectivity index (χ4n) is 1.67. The Bertz CT molecular complexity index is 137. The van der Waals surface area contributed by atoms with Crippen LogP contribution in [-0.2, 0) is 4.74 Å². The van der Waals surface area contributed by atoms with E-state index in [4.69, 9.17) is 4.74 Å². The standard InChI is InChI=1S/C7H14N2O.2ClH/c1-6-2-3-10-7-4-8-5-9(6)7;;/h6-8H,2-5H2,1H3;2*1H. The van der Waals surface area contributed by atoms with E-state index in [1.165, 1.54) is 6.42 Å². The minimum atomic E-state index is 0. The molecule has 2 rings (SSSR count). The zero-order chi connectivity index (χ0) is 6.97. The molecule has 5 heteroatoms. The first-order chi connectivity index (χ1) is 4.88. The number of halogens is 2. The van der Waals surface area contributed by atoms with E-state index in [9.17, 15) is 0 Å². The molecule has 0 aromatic carbocycles. The molecule has 0 bridgehead atoms. The molecule has 2 heterocycles. The lowest BCUT2D eigenvalue weighted by Gasteiger charge is -2.34. The van der Waals surface area contributed by atoms with Gasteiger partial charge in [-0.15, -0.1) is 24.8 Å². The van der Waals surface area contributed by atoms with Gasteiger partial charge in [-0.3, -0.25) is 4.90 Å². The van der Waals surface area contributed by atoms with Crippen molar-refractivity contribution < 1.29 is 4.74 Å². The van der Waals surface area contributed by atoms with E-state index in [2.05, 4.69) is 17.1 Å². The van der Waals surface area contributed by atoms with Gasteiger partial charge in [0.05, 0.1) is 13.3 Å². The highest BCUT2D eigenvalue weighted by Gasteiger charge is 2.31. The minimum absolute atomic E-state index is 0. The molecule has 0 radical (unpaired) electrons. The molecule has 0 aromatic rings. The van der Waals surface area contributed by atoms with E-state index < -0.39 is 0 Å². The Morgan fingerprint density at radius 3 is 2.83 bits per heavy atom. The third-order valence-corrected chi connectivity index (χ3v) is 2.40. The average molecular weight is 215 g/mol. The zero-order valence-electron chi connectivity index (χ0n) is 7.16. The summed E-state index contributed by atoms with van der Waals surface area (Å²) in [5, 5.41) is 3.30. The van der Waals surface area contributed by atoms with E-state index in [-0.39, 0.29) is 24.8 Å². The molecule has 74 valence electrons. The van der Waals surface area contributed by atoms with Crippen molar-refractivity contribution in [1.29, 1.82) is 0 Å². The zero-order valence-corrected chi connectivity index (χ0v) is 8.79. The molecule has 2 aliphatic rings. The van der Waals surface area contributed by atoms with Gasteiger partial charge in [0.2, 0.25) is 0 Å². The maximum absolute atomic E-state index is 5.54.